The summed E-state index contributed by atoms with van der Waals surface area (Å²) >= 11 is 0. The zero-order valence-electron chi connectivity index (χ0n) is 13.7. The third-order valence-electron chi connectivity index (χ3n) is 3.73. The molecule has 0 bridgehead atoms. The highest BCUT2D eigenvalue weighted by molar-refractivity contribution is 5.36. The summed E-state index contributed by atoms with van der Waals surface area (Å²) in [5, 5.41) is 16.9. The number of ether oxygens (including phenoxy) is 1. The Morgan fingerprint density at radius 1 is 1.15 bits per heavy atom. The van der Waals surface area contributed by atoms with Gasteiger partial charge in [0.1, 0.15) is 18.1 Å². The second-order valence-corrected chi connectivity index (χ2v) is 5.52. The maximum Gasteiger partial charge on any atom is 0.416 e. The van der Waals surface area contributed by atoms with Crippen LogP contribution in [0, 0.1) is 6.92 Å². The number of benzene rings is 1. The van der Waals surface area contributed by atoms with Crippen molar-refractivity contribution in [3.8, 4) is 11.6 Å². The number of hydrogen-bond donors (Lipinski definition) is 1. The number of hydrogen-bond acceptors (Lipinski definition) is 5. The number of aliphatic hydroxyl groups is 1. The van der Waals surface area contributed by atoms with Gasteiger partial charge in [-0.2, -0.15) is 18.3 Å². The SMILES string of the molecule is Cc1cccc(C(F)(F)F)c1COc1ccc(-n2ncc(CO)n2)nc1. The van der Waals surface area contributed by atoms with Crippen LogP contribution >= 0.6 is 0 Å². The molecule has 0 aliphatic carbocycles. The van der Waals surface area contributed by atoms with Crippen LogP contribution in [0.15, 0.2) is 42.7 Å². The number of halogens is 3. The number of alkyl halides is 3. The van der Waals surface area contributed by atoms with Gasteiger partial charge >= 0.3 is 6.18 Å². The van der Waals surface area contributed by atoms with Crippen molar-refractivity contribution < 1.29 is 23.0 Å². The van der Waals surface area contributed by atoms with Gasteiger partial charge in [-0.15, -0.1) is 9.90 Å². The maximum atomic E-state index is 13.1. The van der Waals surface area contributed by atoms with Crippen LogP contribution in [0.1, 0.15) is 22.4 Å². The molecule has 1 aromatic carbocycles. The first kappa shape index (κ1) is 17.9. The molecule has 0 aliphatic heterocycles. The molecule has 0 radical (unpaired) electrons. The van der Waals surface area contributed by atoms with E-state index >= 15 is 0 Å². The first-order valence-corrected chi connectivity index (χ1v) is 7.65. The molecule has 0 aliphatic rings. The standard InChI is InChI=1S/C17H15F3N4O2/c1-11-3-2-4-15(17(18,19)20)14(11)10-26-13-5-6-16(21-8-13)24-22-7-12(9-25)23-24/h2-8,25H,9-10H2,1H3. The molecule has 2 heterocycles. The molecule has 0 spiro atoms. The van der Waals surface area contributed by atoms with Crippen LogP contribution in [0.2, 0.25) is 0 Å². The van der Waals surface area contributed by atoms with Crippen LogP contribution in [0.5, 0.6) is 5.75 Å². The van der Waals surface area contributed by atoms with Crippen LogP contribution in [-0.2, 0) is 19.4 Å². The molecule has 9 heteroatoms. The average Bonchev–Trinajstić information content (AvgIpc) is 3.09. The number of pyridine rings is 1. The third kappa shape index (κ3) is 3.83. The largest absolute Gasteiger partial charge is 0.487 e. The molecule has 0 atom stereocenters. The van der Waals surface area contributed by atoms with Gasteiger partial charge in [-0.25, -0.2) is 4.98 Å². The number of aryl methyl sites for hydroxylation is 1. The van der Waals surface area contributed by atoms with Gasteiger partial charge in [-0.3, -0.25) is 0 Å². The lowest BCUT2D eigenvalue weighted by Gasteiger charge is -2.15. The molecule has 3 rings (SSSR count). The summed E-state index contributed by atoms with van der Waals surface area (Å²) in [4.78, 5) is 5.35. The summed E-state index contributed by atoms with van der Waals surface area (Å²) in [5.74, 6) is 0.712. The Morgan fingerprint density at radius 3 is 2.58 bits per heavy atom. The van der Waals surface area contributed by atoms with Crippen LogP contribution in [-0.4, -0.2) is 25.1 Å². The van der Waals surface area contributed by atoms with E-state index in [1.807, 2.05) is 0 Å². The van der Waals surface area contributed by atoms with Crippen molar-refractivity contribution in [2.75, 3.05) is 0 Å². The van der Waals surface area contributed by atoms with Crippen LogP contribution < -0.4 is 4.74 Å². The fourth-order valence-corrected chi connectivity index (χ4v) is 2.37. The van der Waals surface area contributed by atoms with E-state index < -0.39 is 11.7 Å². The lowest BCUT2D eigenvalue weighted by atomic mass is 10.0. The molecule has 3 aromatic rings. The summed E-state index contributed by atoms with van der Waals surface area (Å²) in [6.45, 7) is 1.15. The Kier molecular flexibility index (Phi) is 4.90. The predicted octanol–water partition coefficient (Wildman–Crippen LogP) is 3.06. The summed E-state index contributed by atoms with van der Waals surface area (Å²) in [7, 11) is 0. The smallest absolute Gasteiger partial charge is 0.416 e. The van der Waals surface area contributed by atoms with Crippen molar-refractivity contribution in [1.82, 2.24) is 20.0 Å². The van der Waals surface area contributed by atoms with Gasteiger partial charge in [0.15, 0.2) is 5.82 Å². The second-order valence-electron chi connectivity index (χ2n) is 5.52. The van der Waals surface area contributed by atoms with Crippen molar-refractivity contribution in [3.05, 3.63) is 65.1 Å². The highest BCUT2D eigenvalue weighted by Gasteiger charge is 2.33. The predicted molar refractivity (Wildman–Crippen MR) is 85.6 cm³/mol. The van der Waals surface area contributed by atoms with Crippen molar-refractivity contribution >= 4 is 0 Å². The van der Waals surface area contributed by atoms with Crippen molar-refractivity contribution in [3.63, 3.8) is 0 Å². The molecule has 6 nitrogen and oxygen atoms in total. The Balaban J connectivity index is 1.75. The number of aromatic nitrogens is 4. The first-order valence-electron chi connectivity index (χ1n) is 7.65. The van der Waals surface area contributed by atoms with Gasteiger partial charge in [0, 0.05) is 5.56 Å². The summed E-state index contributed by atoms with van der Waals surface area (Å²) in [6, 6.07) is 7.15. The monoisotopic (exact) mass is 364 g/mol. The zero-order valence-corrected chi connectivity index (χ0v) is 13.7. The molecule has 0 saturated carbocycles. The van der Waals surface area contributed by atoms with E-state index in [1.54, 1.807) is 25.1 Å². The van der Waals surface area contributed by atoms with E-state index in [0.29, 0.717) is 22.8 Å². The highest BCUT2D eigenvalue weighted by atomic mass is 19.4. The summed E-state index contributed by atoms with van der Waals surface area (Å²) in [6.07, 6.45) is -1.66. The van der Waals surface area contributed by atoms with E-state index in [1.165, 1.54) is 23.3 Å². The third-order valence-corrected chi connectivity index (χ3v) is 3.73. The van der Waals surface area contributed by atoms with Crippen molar-refractivity contribution in [2.45, 2.75) is 26.3 Å². The maximum absolute atomic E-state index is 13.1. The first-order chi connectivity index (χ1) is 12.4. The fourth-order valence-electron chi connectivity index (χ4n) is 2.37. The lowest BCUT2D eigenvalue weighted by molar-refractivity contribution is -0.138. The number of rotatable bonds is 5. The molecule has 0 amide bonds. The van der Waals surface area contributed by atoms with Crippen molar-refractivity contribution in [1.29, 1.82) is 0 Å². The minimum atomic E-state index is -4.44. The van der Waals surface area contributed by atoms with Gasteiger partial charge < -0.3 is 9.84 Å². The molecular formula is C17H15F3N4O2. The van der Waals surface area contributed by atoms with Gasteiger partial charge in [-0.05, 0) is 30.7 Å². The summed E-state index contributed by atoms with van der Waals surface area (Å²) in [5.41, 5.74) is 0.276. The van der Waals surface area contributed by atoms with Gasteiger partial charge in [0.05, 0.1) is 24.6 Å². The molecule has 0 unspecified atom stereocenters. The topological polar surface area (TPSA) is 73.1 Å². The molecule has 1 N–H and O–H groups in total. The molecule has 0 fully saturated rings. The van der Waals surface area contributed by atoms with Gasteiger partial charge in [0.25, 0.3) is 0 Å². The Hall–Kier alpha value is -2.94. The van der Waals surface area contributed by atoms with Gasteiger partial charge in [-0.1, -0.05) is 12.1 Å². The fraction of sp³-hybridized carbons (Fsp3) is 0.235. The van der Waals surface area contributed by atoms with E-state index in [0.717, 1.165) is 6.07 Å². The molecule has 136 valence electrons. The van der Waals surface area contributed by atoms with Crippen molar-refractivity contribution in [2.24, 2.45) is 0 Å². The van der Waals surface area contributed by atoms with E-state index in [2.05, 4.69) is 15.2 Å². The molecule has 0 saturated heterocycles. The van der Waals surface area contributed by atoms with Crippen LogP contribution in [0.25, 0.3) is 5.82 Å². The van der Waals surface area contributed by atoms with Gasteiger partial charge in [0.2, 0.25) is 0 Å². The summed E-state index contributed by atoms with van der Waals surface area (Å²) < 4.78 is 44.8. The highest BCUT2D eigenvalue weighted by Crippen LogP contribution is 2.33. The molecule has 26 heavy (non-hydrogen) atoms. The average molecular weight is 364 g/mol. The minimum absolute atomic E-state index is 0.0883. The van der Waals surface area contributed by atoms with E-state index in [9.17, 15) is 13.2 Å². The number of nitrogens with zero attached hydrogens (tertiary/aromatic N) is 4. The van der Waals surface area contributed by atoms with Crippen LogP contribution in [0.4, 0.5) is 13.2 Å². The Bertz CT molecular complexity index is 892. The number of aliphatic hydroxyl groups excluding tert-OH is 1. The van der Waals surface area contributed by atoms with Crippen LogP contribution in [0.3, 0.4) is 0 Å². The second kappa shape index (κ2) is 7.12. The molecular weight excluding hydrogens is 349 g/mol. The van der Waals surface area contributed by atoms with E-state index in [4.69, 9.17) is 9.84 Å². The normalized spacial score (nSPS) is 11.6. The zero-order chi connectivity index (χ0) is 18.7. The quantitative estimate of drug-likeness (QED) is 0.753. The lowest BCUT2D eigenvalue weighted by Crippen LogP contribution is -2.12. The van der Waals surface area contributed by atoms with E-state index in [-0.39, 0.29) is 18.8 Å². The Labute approximate surface area is 146 Å². The Morgan fingerprint density at radius 2 is 1.96 bits per heavy atom. The molecule has 2 aromatic heterocycles. The minimum Gasteiger partial charge on any atom is -0.487 e.